The first-order valence-corrected chi connectivity index (χ1v) is 4.94. The van der Waals surface area contributed by atoms with Crippen LogP contribution in [0.4, 0.5) is 0 Å². The molecule has 0 aromatic carbocycles. The number of amides is 2. The second-order valence-corrected chi connectivity index (χ2v) is 4.89. The van der Waals surface area contributed by atoms with Crippen LogP contribution in [0.3, 0.4) is 0 Å². The van der Waals surface area contributed by atoms with E-state index in [-0.39, 0.29) is 23.4 Å². The Hall–Kier alpha value is -1.06. The molecule has 4 heteroatoms. The molecule has 14 heavy (non-hydrogen) atoms. The molecule has 1 aliphatic carbocycles. The summed E-state index contributed by atoms with van der Waals surface area (Å²) in [6.07, 6.45) is 2.23. The number of carbonyl (C=O) groups excluding carboxylic acids is 2. The Morgan fingerprint density at radius 2 is 1.93 bits per heavy atom. The predicted octanol–water partition coefficient (Wildman–Crippen LogP) is 0.426. The summed E-state index contributed by atoms with van der Waals surface area (Å²) in [6.45, 7) is 5.89. The van der Waals surface area contributed by atoms with Crippen molar-refractivity contribution in [3.63, 3.8) is 0 Å². The first kappa shape index (κ1) is 11.0. The molecular formula is C10H18N2O2. The molecule has 0 bridgehead atoms. The van der Waals surface area contributed by atoms with Crippen molar-refractivity contribution in [1.29, 1.82) is 0 Å². The van der Waals surface area contributed by atoms with Crippen LogP contribution < -0.4 is 10.6 Å². The Balaban J connectivity index is 2.26. The lowest BCUT2D eigenvalue weighted by atomic mass is 9.79. The zero-order valence-corrected chi connectivity index (χ0v) is 8.96. The van der Waals surface area contributed by atoms with E-state index in [0.717, 1.165) is 12.8 Å². The molecule has 0 aliphatic heterocycles. The quantitative estimate of drug-likeness (QED) is 0.646. The summed E-state index contributed by atoms with van der Waals surface area (Å²) in [5, 5.41) is 5.60. The van der Waals surface area contributed by atoms with Gasteiger partial charge in [0, 0.05) is 17.5 Å². The summed E-state index contributed by atoms with van der Waals surface area (Å²) < 4.78 is 0. The van der Waals surface area contributed by atoms with Crippen LogP contribution in [0, 0.1) is 5.92 Å². The van der Waals surface area contributed by atoms with Crippen LogP contribution in [0.15, 0.2) is 0 Å². The van der Waals surface area contributed by atoms with Crippen molar-refractivity contribution in [3.8, 4) is 0 Å². The van der Waals surface area contributed by atoms with Gasteiger partial charge in [0.1, 0.15) is 0 Å². The summed E-state index contributed by atoms with van der Waals surface area (Å²) >= 11 is 0. The maximum atomic E-state index is 11.6. The van der Waals surface area contributed by atoms with E-state index in [0.29, 0.717) is 6.41 Å². The van der Waals surface area contributed by atoms with E-state index in [9.17, 15) is 9.59 Å². The Labute approximate surface area is 84.4 Å². The van der Waals surface area contributed by atoms with Gasteiger partial charge in [0.05, 0.1) is 0 Å². The number of hydrogen-bond acceptors (Lipinski definition) is 2. The average molecular weight is 198 g/mol. The molecule has 0 aromatic rings. The molecule has 4 nitrogen and oxygen atoms in total. The summed E-state index contributed by atoms with van der Waals surface area (Å²) in [4.78, 5) is 21.7. The molecule has 80 valence electrons. The van der Waals surface area contributed by atoms with Gasteiger partial charge in [-0.3, -0.25) is 9.59 Å². The minimum atomic E-state index is -0.166. The van der Waals surface area contributed by atoms with Crippen molar-refractivity contribution in [2.45, 2.75) is 45.2 Å². The van der Waals surface area contributed by atoms with E-state index < -0.39 is 0 Å². The summed E-state index contributed by atoms with van der Waals surface area (Å²) in [5.74, 6) is 0.174. The Morgan fingerprint density at radius 3 is 2.36 bits per heavy atom. The smallest absolute Gasteiger partial charge is 0.223 e. The molecule has 1 saturated carbocycles. The van der Waals surface area contributed by atoms with Crippen molar-refractivity contribution in [2.75, 3.05) is 0 Å². The van der Waals surface area contributed by atoms with Crippen molar-refractivity contribution in [1.82, 2.24) is 10.6 Å². The first-order chi connectivity index (χ1) is 6.42. The molecular weight excluding hydrogens is 180 g/mol. The number of rotatable bonds is 3. The Kier molecular flexibility index (Phi) is 3.13. The van der Waals surface area contributed by atoms with Crippen LogP contribution in [0.2, 0.25) is 0 Å². The summed E-state index contributed by atoms with van der Waals surface area (Å²) in [6, 6.07) is 0.197. The first-order valence-electron chi connectivity index (χ1n) is 4.94. The lowest BCUT2D eigenvalue weighted by Crippen LogP contribution is -2.51. The third-order valence-corrected chi connectivity index (χ3v) is 2.31. The van der Waals surface area contributed by atoms with Crippen LogP contribution in [0.25, 0.3) is 0 Å². The van der Waals surface area contributed by atoms with E-state index in [4.69, 9.17) is 0 Å². The maximum Gasteiger partial charge on any atom is 0.223 e. The van der Waals surface area contributed by atoms with E-state index in [1.807, 2.05) is 20.8 Å². The van der Waals surface area contributed by atoms with Crippen LogP contribution in [0.1, 0.15) is 33.6 Å². The van der Waals surface area contributed by atoms with Crippen molar-refractivity contribution >= 4 is 12.3 Å². The Morgan fingerprint density at radius 1 is 1.36 bits per heavy atom. The zero-order valence-electron chi connectivity index (χ0n) is 8.96. The topological polar surface area (TPSA) is 58.2 Å². The van der Waals surface area contributed by atoms with Crippen LogP contribution >= 0.6 is 0 Å². The van der Waals surface area contributed by atoms with Crippen molar-refractivity contribution < 1.29 is 9.59 Å². The highest BCUT2D eigenvalue weighted by molar-refractivity contribution is 5.80. The molecule has 0 spiro atoms. The molecule has 0 saturated heterocycles. The molecule has 1 aliphatic rings. The number of nitrogens with one attached hydrogen (secondary N) is 2. The molecule has 1 rings (SSSR count). The highest BCUT2D eigenvalue weighted by Gasteiger charge is 2.35. The lowest BCUT2D eigenvalue weighted by molar-refractivity contribution is -0.130. The maximum absolute atomic E-state index is 11.6. The number of hydrogen-bond donors (Lipinski definition) is 2. The molecule has 0 radical (unpaired) electrons. The normalized spacial score (nSPS) is 26.2. The second kappa shape index (κ2) is 3.98. The van der Waals surface area contributed by atoms with Gasteiger partial charge in [0.25, 0.3) is 0 Å². The zero-order chi connectivity index (χ0) is 10.8. The second-order valence-electron chi connectivity index (χ2n) is 4.89. The Bertz CT molecular complexity index is 227. The van der Waals surface area contributed by atoms with Crippen molar-refractivity contribution in [2.24, 2.45) is 5.92 Å². The van der Waals surface area contributed by atoms with Gasteiger partial charge in [0.2, 0.25) is 12.3 Å². The molecule has 1 fully saturated rings. The molecule has 0 heterocycles. The van der Waals surface area contributed by atoms with Gasteiger partial charge in [-0.05, 0) is 33.6 Å². The van der Waals surface area contributed by atoms with Crippen LogP contribution in [0.5, 0.6) is 0 Å². The summed E-state index contributed by atoms with van der Waals surface area (Å²) in [5.41, 5.74) is -0.166. The lowest BCUT2D eigenvalue weighted by Gasteiger charge is -2.35. The van der Waals surface area contributed by atoms with Gasteiger partial charge in [-0.2, -0.15) is 0 Å². The SMILES string of the molecule is CC(C)(C)NC(=O)C1CC(NC=O)C1. The van der Waals surface area contributed by atoms with Crippen molar-refractivity contribution in [3.05, 3.63) is 0 Å². The van der Waals surface area contributed by atoms with Gasteiger partial charge < -0.3 is 10.6 Å². The third kappa shape index (κ3) is 3.01. The van der Waals surface area contributed by atoms with Gasteiger partial charge >= 0.3 is 0 Å². The van der Waals surface area contributed by atoms with E-state index >= 15 is 0 Å². The minimum absolute atomic E-state index is 0.0756. The fourth-order valence-electron chi connectivity index (χ4n) is 1.54. The van der Waals surface area contributed by atoms with Gasteiger partial charge in [-0.15, -0.1) is 0 Å². The summed E-state index contributed by atoms with van der Waals surface area (Å²) in [7, 11) is 0. The van der Waals surface area contributed by atoms with Crippen LogP contribution in [-0.2, 0) is 9.59 Å². The predicted molar refractivity (Wildman–Crippen MR) is 53.6 cm³/mol. The third-order valence-electron chi connectivity index (χ3n) is 2.31. The van der Waals surface area contributed by atoms with E-state index in [1.54, 1.807) is 0 Å². The highest BCUT2D eigenvalue weighted by atomic mass is 16.2. The van der Waals surface area contributed by atoms with E-state index in [1.165, 1.54) is 0 Å². The molecule has 2 N–H and O–H groups in total. The fourth-order valence-corrected chi connectivity index (χ4v) is 1.54. The molecule has 0 atom stereocenters. The number of carbonyl (C=O) groups is 2. The standard InChI is InChI=1S/C10H18N2O2/c1-10(2,3)12-9(14)7-4-8(5-7)11-6-13/h6-8H,4-5H2,1-3H3,(H,11,13)(H,12,14). The fraction of sp³-hybridized carbons (Fsp3) is 0.800. The molecule has 0 aromatic heterocycles. The average Bonchev–Trinajstić information content (AvgIpc) is 1.91. The largest absolute Gasteiger partial charge is 0.356 e. The van der Waals surface area contributed by atoms with Gasteiger partial charge in [-0.25, -0.2) is 0 Å². The van der Waals surface area contributed by atoms with E-state index in [2.05, 4.69) is 10.6 Å². The molecule has 0 unspecified atom stereocenters. The highest BCUT2D eigenvalue weighted by Crippen LogP contribution is 2.27. The van der Waals surface area contributed by atoms with Crippen LogP contribution in [-0.4, -0.2) is 23.9 Å². The molecule has 2 amide bonds. The van der Waals surface area contributed by atoms with Gasteiger partial charge in [-0.1, -0.05) is 0 Å². The monoisotopic (exact) mass is 198 g/mol. The minimum Gasteiger partial charge on any atom is -0.356 e. The van der Waals surface area contributed by atoms with Gasteiger partial charge in [0.15, 0.2) is 0 Å².